The third-order valence-electron chi connectivity index (χ3n) is 7.06. The Morgan fingerprint density at radius 2 is 0.974 bits per heavy atom. The summed E-state index contributed by atoms with van der Waals surface area (Å²) in [5.41, 5.74) is 9.98. The van der Waals surface area contributed by atoms with Crippen molar-refractivity contribution in [3.05, 3.63) is 137 Å². The highest BCUT2D eigenvalue weighted by Gasteiger charge is 2.22. The topological polar surface area (TPSA) is 38.7 Å². The van der Waals surface area contributed by atoms with Crippen LogP contribution in [0.5, 0.6) is 0 Å². The fourth-order valence-electron chi connectivity index (χ4n) is 5.19. The molecule has 38 heavy (non-hydrogen) atoms. The molecule has 1 aromatic heterocycles. The van der Waals surface area contributed by atoms with Crippen LogP contribution >= 0.6 is 11.6 Å². The van der Waals surface area contributed by atoms with Gasteiger partial charge in [-0.25, -0.2) is 15.0 Å². The zero-order chi connectivity index (χ0) is 25.5. The van der Waals surface area contributed by atoms with Crippen molar-refractivity contribution in [2.75, 3.05) is 0 Å². The Morgan fingerprint density at radius 1 is 0.447 bits per heavy atom. The molecule has 0 radical (unpaired) electrons. The number of fused-ring (bicyclic) bond motifs is 5. The van der Waals surface area contributed by atoms with Gasteiger partial charge in [0, 0.05) is 28.1 Å². The second-order valence-corrected chi connectivity index (χ2v) is 9.81. The molecule has 0 saturated carbocycles. The molecule has 6 aromatic rings. The van der Waals surface area contributed by atoms with Crippen LogP contribution in [-0.4, -0.2) is 15.0 Å². The van der Waals surface area contributed by atoms with Gasteiger partial charge in [0.1, 0.15) is 0 Å². The SMILES string of the molecule is Clc1cccc2c1Cc1ccc(-c3nc(-c4ccccc4)nc(-c4ccccc4)n3)cc1-c1ccccc1-2. The van der Waals surface area contributed by atoms with E-state index in [1.54, 1.807) is 0 Å². The minimum Gasteiger partial charge on any atom is -0.208 e. The molecule has 4 heteroatoms. The minimum atomic E-state index is 0.651. The average molecular weight is 508 g/mol. The number of hydrogen-bond donors (Lipinski definition) is 0. The van der Waals surface area contributed by atoms with Crippen molar-refractivity contribution < 1.29 is 0 Å². The Hall–Kier alpha value is -4.60. The standard InChI is InChI=1S/C34H22ClN3/c35-31-17-9-16-28-26-14-7-8-15-27(26)29-21-25(19-18-24(29)20-30(28)31)34-37-32(22-10-3-1-4-11-22)36-33(38-34)23-12-5-2-6-13-23/h1-19,21H,20H2. The lowest BCUT2D eigenvalue weighted by atomic mass is 9.93. The summed E-state index contributed by atoms with van der Waals surface area (Å²) in [5.74, 6) is 1.96. The van der Waals surface area contributed by atoms with E-state index in [1.807, 2.05) is 72.8 Å². The van der Waals surface area contributed by atoms with Crippen LogP contribution in [0.2, 0.25) is 5.02 Å². The molecule has 3 nitrogen and oxygen atoms in total. The minimum absolute atomic E-state index is 0.651. The molecule has 0 aliphatic heterocycles. The van der Waals surface area contributed by atoms with Crippen LogP contribution in [0.4, 0.5) is 0 Å². The summed E-state index contributed by atoms with van der Waals surface area (Å²) < 4.78 is 0. The van der Waals surface area contributed by atoms with E-state index in [-0.39, 0.29) is 0 Å². The van der Waals surface area contributed by atoms with Crippen molar-refractivity contribution >= 4 is 11.6 Å². The molecule has 180 valence electrons. The molecule has 1 aliphatic carbocycles. The van der Waals surface area contributed by atoms with Crippen LogP contribution in [0.25, 0.3) is 56.4 Å². The monoisotopic (exact) mass is 507 g/mol. The maximum absolute atomic E-state index is 6.70. The highest BCUT2D eigenvalue weighted by molar-refractivity contribution is 6.32. The van der Waals surface area contributed by atoms with E-state index in [2.05, 4.69) is 48.5 Å². The van der Waals surface area contributed by atoms with E-state index in [9.17, 15) is 0 Å². The second-order valence-electron chi connectivity index (χ2n) is 9.40. The van der Waals surface area contributed by atoms with Crippen molar-refractivity contribution in [1.29, 1.82) is 0 Å². The van der Waals surface area contributed by atoms with E-state index in [1.165, 1.54) is 27.8 Å². The molecule has 0 unspecified atom stereocenters. The number of rotatable bonds is 3. The lowest BCUT2D eigenvalue weighted by Crippen LogP contribution is -2.00. The Balaban J connectivity index is 1.43. The van der Waals surface area contributed by atoms with Crippen molar-refractivity contribution in [2.45, 2.75) is 6.42 Å². The summed E-state index contributed by atoms with van der Waals surface area (Å²) in [5, 5.41) is 0.798. The van der Waals surface area contributed by atoms with Crippen molar-refractivity contribution in [2.24, 2.45) is 0 Å². The number of aromatic nitrogens is 3. The van der Waals surface area contributed by atoms with Gasteiger partial charge in [-0.05, 0) is 45.5 Å². The first-order valence-corrected chi connectivity index (χ1v) is 13.0. The Bertz CT molecular complexity index is 1740. The van der Waals surface area contributed by atoms with Crippen LogP contribution in [-0.2, 0) is 6.42 Å². The number of benzene rings is 5. The molecule has 7 rings (SSSR count). The zero-order valence-electron chi connectivity index (χ0n) is 20.5. The molecule has 0 fully saturated rings. The van der Waals surface area contributed by atoms with Gasteiger partial charge in [0.05, 0.1) is 0 Å². The molecule has 0 saturated heterocycles. The summed E-state index contributed by atoms with van der Waals surface area (Å²) in [7, 11) is 0. The number of nitrogens with zero attached hydrogens (tertiary/aromatic N) is 3. The Kier molecular flexibility index (Phi) is 5.57. The maximum Gasteiger partial charge on any atom is 0.164 e. The molecule has 1 heterocycles. The molecule has 0 atom stereocenters. The quantitative estimate of drug-likeness (QED) is 0.240. The van der Waals surface area contributed by atoms with E-state index < -0.39 is 0 Å². The largest absolute Gasteiger partial charge is 0.208 e. The van der Waals surface area contributed by atoms with Gasteiger partial charge in [0.2, 0.25) is 0 Å². The molecule has 0 amide bonds. The highest BCUT2D eigenvalue weighted by Crippen LogP contribution is 2.43. The van der Waals surface area contributed by atoms with Crippen molar-refractivity contribution in [3.63, 3.8) is 0 Å². The van der Waals surface area contributed by atoms with Gasteiger partial charge in [-0.3, -0.25) is 0 Å². The van der Waals surface area contributed by atoms with Gasteiger partial charge in [-0.15, -0.1) is 0 Å². The van der Waals surface area contributed by atoms with Crippen LogP contribution in [0.1, 0.15) is 11.1 Å². The van der Waals surface area contributed by atoms with E-state index in [4.69, 9.17) is 26.6 Å². The summed E-state index contributed by atoms with van der Waals surface area (Å²) in [6.45, 7) is 0. The summed E-state index contributed by atoms with van der Waals surface area (Å²) in [6.07, 6.45) is 0.765. The van der Waals surface area contributed by atoms with E-state index in [0.717, 1.165) is 33.7 Å². The van der Waals surface area contributed by atoms with Crippen molar-refractivity contribution in [3.8, 4) is 56.4 Å². The summed E-state index contributed by atoms with van der Waals surface area (Å²) in [6, 6.07) is 41.4. The molecule has 0 N–H and O–H groups in total. The predicted octanol–water partition coefficient (Wildman–Crippen LogP) is 8.76. The molecule has 0 spiro atoms. The Morgan fingerprint density at radius 3 is 1.61 bits per heavy atom. The van der Waals surface area contributed by atoms with Crippen LogP contribution in [0.3, 0.4) is 0 Å². The third kappa shape index (κ3) is 3.98. The predicted molar refractivity (Wildman–Crippen MR) is 155 cm³/mol. The molecule has 1 aliphatic rings. The normalized spacial score (nSPS) is 11.7. The maximum atomic E-state index is 6.70. The lowest BCUT2D eigenvalue weighted by Gasteiger charge is -2.13. The second kappa shape index (κ2) is 9.37. The fraction of sp³-hybridized carbons (Fsp3) is 0.0294. The van der Waals surface area contributed by atoms with Gasteiger partial charge in [0.15, 0.2) is 17.5 Å². The first-order chi connectivity index (χ1) is 18.7. The van der Waals surface area contributed by atoms with Crippen LogP contribution < -0.4 is 0 Å². The number of hydrogen-bond acceptors (Lipinski definition) is 3. The Labute approximate surface area is 226 Å². The van der Waals surface area contributed by atoms with Gasteiger partial charge in [-0.1, -0.05) is 121 Å². The molecular formula is C34H22ClN3. The first kappa shape index (κ1) is 22.6. The molecule has 0 bridgehead atoms. The third-order valence-corrected chi connectivity index (χ3v) is 7.42. The average Bonchev–Trinajstić information content (AvgIpc) is 3.13. The van der Waals surface area contributed by atoms with Gasteiger partial charge < -0.3 is 0 Å². The number of halogens is 1. The van der Waals surface area contributed by atoms with E-state index in [0.29, 0.717) is 17.5 Å². The van der Waals surface area contributed by atoms with E-state index >= 15 is 0 Å². The highest BCUT2D eigenvalue weighted by atomic mass is 35.5. The molecule has 5 aromatic carbocycles. The first-order valence-electron chi connectivity index (χ1n) is 12.6. The van der Waals surface area contributed by atoms with Crippen LogP contribution in [0.15, 0.2) is 121 Å². The van der Waals surface area contributed by atoms with Gasteiger partial charge in [0.25, 0.3) is 0 Å². The summed E-state index contributed by atoms with van der Waals surface area (Å²) in [4.78, 5) is 14.7. The fourth-order valence-corrected chi connectivity index (χ4v) is 5.43. The van der Waals surface area contributed by atoms with Crippen LogP contribution in [0, 0.1) is 0 Å². The molecular weight excluding hydrogens is 486 g/mol. The van der Waals surface area contributed by atoms with Crippen molar-refractivity contribution in [1.82, 2.24) is 15.0 Å². The summed E-state index contributed by atoms with van der Waals surface area (Å²) >= 11 is 6.70. The lowest BCUT2D eigenvalue weighted by molar-refractivity contribution is 1.07. The van der Waals surface area contributed by atoms with Gasteiger partial charge in [-0.2, -0.15) is 0 Å². The zero-order valence-corrected chi connectivity index (χ0v) is 21.2. The smallest absolute Gasteiger partial charge is 0.164 e. The van der Waals surface area contributed by atoms with Gasteiger partial charge >= 0.3 is 0 Å².